The predicted molar refractivity (Wildman–Crippen MR) is 128 cm³/mol. The Hall–Kier alpha value is -3.40. The molecule has 34 heavy (non-hydrogen) atoms. The lowest BCUT2D eigenvalue weighted by molar-refractivity contribution is 0.0966. The van der Waals surface area contributed by atoms with Gasteiger partial charge < -0.3 is 14.0 Å². The summed E-state index contributed by atoms with van der Waals surface area (Å²) in [4.78, 5) is 11.6. The van der Waals surface area contributed by atoms with E-state index in [0.29, 0.717) is 6.54 Å². The molecule has 0 aliphatic carbocycles. The summed E-state index contributed by atoms with van der Waals surface area (Å²) in [6, 6.07) is 27.4. The molecule has 1 N–H and O–H groups in total. The van der Waals surface area contributed by atoms with Crippen LogP contribution in [0.15, 0.2) is 84.9 Å². The Bertz CT molecular complexity index is 1060. The number of nitrogens with zero attached hydrogens (tertiary/aromatic N) is 1. The van der Waals surface area contributed by atoms with E-state index in [1.54, 1.807) is 19.1 Å². The average molecular weight is 488 g/mol. The zero-order valence-corrected chi connectivity index (χ0v) is 20.0. The highest BCUT2D eigenvalue weighted by Crippen LogP contribution is 2.23. The maximum atomic E-state index is 11.7. The molecule has 0 bridgehead atoms. The summed E-state index contributed by atoms with van der Waals surface area (Å²) in [6.45, 7) is 3.82. The molecule has 0 atom stereocenters. The summed E-state index contributed by atoms with van der Waals surface area (Å²) in [5, 5.41) is 7.69. The normalized spacial score (nSPS) is 10.8. The van der Waals surface area contributed by atoms with Gasteiger partial charge in [-0.2, -0.15) is 8.42 Å². The minimum absolute atomic E-state index is 0.231. The Morgan fingerprint density at radius 2 is 1.32 bits per heavy atom. The number of carboxylic acid groups (broad SMARTS) is 1. The fourth-order valence-corrected chi connectivity index (χ4v) is 3.53. The third kappa shape index (κ3) is 10.0. The summed E-state index contributed by atoms with van der Waals surface area (Å²) < 4.78 is 37.0. The zero-order valence-electron chi connectivity index (χ0n) is 19.2. The van der Waals surface area contributed by atoms with E-state index in [4.69, 9.17) is 9.29 Å². The molecule has 0 saturated heterocycles. The van der Waals surface area contributed by atoms with Crippen LogP contribution in [0.25, 0.3) is 0 Å². The Labute approximate surface area is 200 Å². The topological polar surface area (TPSA) is 102 Å². The smallest absolute Gasteiger partial charge is 0.450 e. The molecular formula is C25H29NO7S. The number of ether oxygens (including phenoxy) is 1. The van der Waals surface area contributed by atoms with Crippen molar-refractivity contribution in [2.45, 2.75) is 26.6 Å². The van der Waals surface area contributed by atoms with Crippen molar-refractivity contribution < 1.29 is 31.4 Å². The molecule has 0 aliphatic rings. The fourth-order valence-electron chi connectivity index (χ4n) is 3.08. The predicted octanol–water partition coefficient (Wildman–Crippen LogP) is 4.86. The van der Waals surface area contributed by atoms with Crippen LogP contribution in [0.1, 0.15) is 23.6 Å². The van der Waals surface area contributed by atoms with E-state index in [0.717, 1.165) is 25.8 Å². The quantitative estimate of drug-likeness (QED) is 0.405. The number of hydrogen-bond donors (Lipinski definition) is 1. The van der Waals surface area contributed by atoms with Crippen molar-refractivity contribution in [1.29, 1.82) is 0 Å². The van der Waals surface area contributed by atoms with E-state index in [2.05, 4.69) is 38.1 Å². The van der Waals surface area contributed by atoms with Crippen LogP contribution < -0.4 is 4.18 Å². The van der Waals surface area contributed by atoms with Crippen molar-refractivity contribution in [1.82, 2.24) is 4.90 Å². The van der Waals surface area contributed by atoms with Crippen LogP contribution in [0.3, 0.4) is 0 Å². The minimum atomic E-state index is -4.07. The minimum Gasteiger partial charge on any atom is -0.450 e. The second kappa shape index (κ2) is 14.0. The summed E-state index contributed by atoms with van der Waals surface area (Å²) in [5.41, 5.74) is 3.14. The molecular weight excluding hydrogens is 458 g/mol. The second-order valence-corrected chi connectivity index (χ2v) is 8.40. The Morgan fingerprint density at radius 1 is 0.824 bits per heavy atom. The molecule has 3 rings (SSSR count). The molecule has 0 saturated carbocycles. The summed E-state index contributed by atoms with van der Waals surface area (Å²) in [6.07, 6.45) is -1.21. The van der Waals surface area contributed by atoms with Gasteiger partial charge in [0.2, 0.25) is 0 Å². The van der Waals surface area contributed by atoms with Crippen molar-refractivity contribution in [3.05, 3.63) is 102 Å². The lowest BCUT2D eigenvalue weighted by atomic mass is 10.1. The largest absolute Gasteiger partial charge is 0.505 e. The van der Waals surface area contributed by atoms with Crippen molar-refractivity contribution in [2.24, 2.45) is 0 Å². The van der Waals surface area contributed by atoms with Crippen molar-refractivity contribution >= 4 is 16.6 Å². The lowest BCUT2D eigenvalue weighted by Gasteiger charge is -2.24. The van der Waals surface area contributed by atoms with Crippen LogP contribution in [0.4, 0.5) is 4.79 Å². The molecule has 0 aromatic heterocycles. The molecule has 0 heterocycles. The number of carbonyl (C=O) groups is 1. The third-order valence-corrected chi connectivity index (χ3v) is 5.32. The number of hydrogen-bond acceptors (Lipinski definition) is 7. The summed E-state index contributed by atoms with van der Waals surface area (Å²) >= 11 is 0. The number of rotatable bonds is 10. The van der Waals surface area contributed by atoms with Crippen LogP contribution in [-0.4, -0.2) is 38.3 Å². The van der Waals surface area contributed by atoms with Gasteiger partial charge in [-0.15, -0.1) is 0 Å². The first-order chi connectivity index (χ1) is 16.3. The van der Waals surface area contributed by atoms with Gasteiger partial charge >= 0.3 is 16.6 Å². The molecule has 8 nitrogen and oxygen atoms in total. The molecule has 9 heteroatoms. The standard InChI is InChI=1S/C22H23NO4S.C3H6O3/c1-26-28(24,25)27-22-15-9-8-14-21(22)18-23(16-19-10-4-2-5-11-19)17-20-12-6-3-7-13-20;1-2-6-3(4)5/h2-15H,16-18H2,1H3;2H2,1H3,(H,4,5). The van der Waals surface area contributed by atoms with Gasteiger partial charge in [-0.05, 0) is 24.1 Å². The van der Waals surface area contributed by atoms with Crippen molar-refractivity contribution in [3.63, 3.8) is 0 Å². The van der Waals surface area contributed by atoms with Crippen LogP contribution in [-0.2, 0) is 39.0 Å². The van der Waals surface area contributed by atoms with Crippen molar-refractivity contribution in [3.8, 4) is 5.75 Å². The molecule has 0 aliphatic heterocycles. The van der Waals surface area contributed by atoms with Gasteiger partial charge in [0.1, 0.15) is 5.75 Å². The first kappa shape index (κ1) is 26.8. The van der Waals surface area contributed by atoms with Crippen molar-refractivity contribution in [2.75, 3.05) is 13.7 Å². The first-order valence-corrected chi connectivity index (χ1v) is 11.9. The molecule has 0 amide bonds. The van der Waals surface area contributed by atoms with E-state index in [1.165, 1.54) is 11.1 Å². The van der Waals surface area contributed by atoms with E-state index in [9.17, 15) is 13.2 Å². The van der Waals surface area contributed by atoms with Gasteiger partial charge in [-0.1, -0.05) is 78.9 Å². The fraction of sp³-hybridized carbons (Fsp3) is 0.240. The highest BCUT2D eigenvalue weighted by atomic mass is 32.3. The van der Waals surface area contributed by atoms with E-state index < -0.39 is 16.6 Å². The zero-order chi connectivity index (χ0) is 24.8. The van der Waals surface area contributed by atoms with Gasteiger partial charge in [-0.3, -0.25) is 4.90 Å². The average Bonchev–Trinajstić information content (AvgIpc) is 2.82. The van der Waals surface area contributed by atoms with Gasteiger partial charge in [0.25, 0.3) is 0 Å². The van der Waals surface area contributed by atoms with Gasteiger partial charge in [0.15, 0.2) is 0 Å². The van der Waals surface area contributed by atoms with E-state index in [-0.39, 0.29) is 12.4 Å². The third-order valence-electron chi connectivity index (χ3n) is 4.53. The van der Waals surface area contributed by atoms with Gasteiger partial charge in [0.05, 0.1) is 13.7 Å². The van der Waals surface area contributed by atoms with Gasteiger partial charge in [-0.25, -0.2) is 8.98 Å². The van der Waals surface area contributed by atoms with E-state index in [1.807, 2.05) is 48.5 Å². The van der Waals surface area contributed by atoms with Crippen LogP contribution in [0.5, 0.6) is 5.75 Å². The SMILES string of the molecule is CCOC(=O)O.COS(=O)(=O)Oc1ccccc1CN(Cc1ccccc1)Cc1ccccc1. The molecule has 3 aromatic carbocycles. The number of benzene rings is 3. The highest BCUT2D eigenvalue weighted by molar-refractivity contribution is 7.82. The maximum absolute atomic E-state index is 11.7. The second-order valence-electron chi connectivity index (χ2n) is 7.08. The Morgan fingerprint density at radius 3 is 1.76 bits per heavy atom. The highest BCUT2D eigenvalue weighted by Gasteiger charge is 2.16. The maximum Gasteiger partial charge on any atom is 0.505 e. The van der Waals surface area contributed by atoms with Crippen LogP contribution in [0, 0.1) is 0 Å². The summed E-state index contributed by atoms with van der Waals surface area (Å²) in [5.74, 6) is 0.274. The molecule has 0 unspecified atom stereocenters. The van der Waals surface area contributed by atoms with Crippen LogP contribution in [0.2, 0.25) is 0 Å². The Kier molecular flexibility index (Phi) is 11.0. The number of para-hydroxylation sites is 1. The molecule has 0 radical (unpaired) electrons. The first-order valence-electron chi connectivity index (χ1n) is 10.6. The molecule has 0 spiro atoms. The van der Waals surface area contributed by atoms with E-state index >= 15 is 0 Å². The van der Waals surface area contributed by atoms with Crippen LogP contribution >= 0.6 is 0 Å². The van der Waals surface area contributed by atoms with Gasteiger partial charge in [0, 0.05) is 25.2 Å². The monoisotopic (exact) mass is 487 g/mol. The molecule has 3 aromatic rings. The summed E-state index contributed by atoms with van der Waals surface area (Å²) in [7, 11) is -2.99. The molecule has 0 fully saturated rings. The lowest BCUT2D eigenvalue weighted by Crippen LogP contribution is -2.23. The molecule has 182 valence electrons. The Balaban J connectivity index is 0.000000604.